The summed E-state index contributed by atoms with van der Waals surface area (Å²) in [4.78, 5) is 14.7. The molecular formula is C20H24N4O3S. The number of rotatable bonds is 3. The molecule has 1 aliphatic carbocycles. The normalized spacial score (nSPS) is 21.9. The lowest BCUT2D eigenvalue weighted by Crippen LogP contribution is -2.41. The predicted molar refractivity (Wildman–Crippen MR) is 106 cm³/mol. The van der Waals surface area contributed by atoms with E-state index in [0.29, 0.717) is 24.0 Å². The van der Waals surface area contributed by atoms with Crippen molar-refractivity contribution < 1.29 is 14.3 Å². The number of benzene rings is 1. The summed E-state index contributed by atoms with van der Waals surface area (Å²) in [6.45, 7) is 1.68. The summed E-state index contributed by atoms with van der Waals surface area (Å²) in [6.07, 6.45) is 7.13. The Morgan fingerprint density at radius 2 is 1.79 bits per heavy atom. The molecule has 5 rings (SSSR count). The second kappa shape index (κ2) is 7.58. The minimum absolute atomic E-state index is 0.0795. The summed E-state index contributed by atoms with van der Waals surface area (Å²) in [7, 11) is 0. The fourth-order valence-electron chi connectivity index (χ4n) is 4.29. The van der Waals surface area contributed by atoms with Crippen LogP contribution in [-0.2, 0) is 0 Å². The standard InChI is InChI=1S/C20H24N4O3S/c25-20(21-15-7-8-16-17(10-15)27-12-26-16)24-9-3-6-14(11-24)19-23-22-18(28-19)13-4-1-2-5-13/h7-8,10,13-14H,1-6,9,11-12H2,(H,21,25). The van der Waals surface area contributed by atoms with Crippen LogP contribution in [0.5, 0.6) is 11.5 Å². The molecule has 1 aromatic carbocycles. The molecule has 3 aliphatic rings. The lowest BCUT2D eigenvalue weighted by molar-refractivity contribution is 0.174. The Hall–Kier alpha value is -2.35. The zero-order valence-corrected chi connectivity index (χ0v) is 16.5. The van der Waals surface area contributed by atoms with Gasteiger partial charge in [-0.1, -0.05) is 12.8 Å². The molecule has 1 aromatic heterocycles. The van der Waals surface area contributed by atoms with E-state index in [9.17, 15) is 4.79 Å². The van der Waals surface area contributed by atoms with Crippen molar-refractivity contribution in [2.45, 2.75) is 50.4 Å². The SMILES string of the molecule is O=C(Nc1ccc2c(c1)OCO2)N1CCCC(c2nnc(C3CCCC3)s2)C1. The monoisotopic (exact) mass is 400 g/mol. The number of hydrogen-bond acceptors (Lipinski definition) is 6. The Labute approximate surface area is 168 Å². The maximum atomic E-state index is 12.8. The third-order valence-electron chi connectivity index (χ3n) is 5.84. The summed E-state index contributed by atoms with van der Waals surface area (Å²) >= 11 is 1.76. The number of likely N-dealkylation sites (tertiary alicyclic amines) is 1. The highest BCUT2D eigenvalue weighted by molar-refractivity contribution is 7.11. The summed E-state index contributed by atoms with van der Waals surface area (Å²) in [5.74, 6) is 2.26. The van der Waals surface area contributed by atoms with Gasteiger partial charge in [0.1, 0.15) is 10.0 Å². The minimum atomic E-state index is -0.0795. The van der Waals surface area contributed by atoms with E-state index in [1.165, 1.54) is 30.7 Å². The molecule has 1 unspecified atom stereocenters. The van der Waals surface area contributed by atoms with E-state index < -0.39 is 0 Å². The summed E-state index contributed by atoms with van der Waals surface area (Å²) in [6, 6.07) is 5.39. The smallest absolute Gasteiger partial charge is 0.321 e. The van der Waals surface area contributed by atoms with Gasteiger partial charge in [-0.15, -0.1) is 21.5 Å². The minimum Gasteiger partial charge on any atom is -0.454 e. The molecule has 2 aromatic rings. The largest absolute Gasteiger partial charge is 0.454 e. The second-order valence-electron chi connectivity index (χ2n) is 7.74. The summed E-state index contributed by atoms with van der Waals surface area (Å²) in [5, 5.41) is 14.2. The van der Waals surface area contributed by atoms with Gasteiger partial charge in [-0.25, -0.2) is 4.79 Å². The Kier molecular flexibility index (Phi) is 4.80. The lowest BCUT2D eigenvalue weighted by Gasteiger charge is -2.31. The molecule has 0 radical (unpaired) electrons. The van der Waals surface area contributed by atoms with Gasteiger partial charge in [0, 0.05) is 36.7 Å². The molecule has 0 spiro atoms. The van der Waals surface area contributed by atoms with Crippen molar-refractivity contribution in [1.82, 2.24) is 15.1 Å². The van der Waals surface area contributed by atoms with E-state index in [0.717, 1.165) is 30.1 Å². The molecule has 2 fully saturated rings. The molecule has 1 N–H and O–H groups in total. The molecule has 3 heterocycles. The van der Waals surface area contributed by atoms with Crippen molar-refractivity contribution in [3.05, 3.63) is 28.2 Å². The van der Waals surface area contributed by atoms with Gasteiger partial charge in [0.2, 0.25) is 6.79 Å². The first-order chi connectivity index (χ1) is 13.8. The van der Waals surface area contributed by atoms with Crippen molar-refractivity contribution in [2.75, 3.05) is 25.2 Å². The second-order valence-corrected chi connectivity index (χ2v) is 8.78. The van der Waals surface area contributed by atoms with Crippen LogP contribution in [0.2, 0.25) is 0 Å². The zero-order valence-electron chi connectivity index (χ0n) is 15.7. The van der Waals surface area contributed by atoms with Gasteiger partial charge in [-0.2, -0.15) is 0 Å². The highest BCUT2D eigenvalue weighted by Gasteiger charge is 2.29. The molecule has 2 amide bonds. The maximum Gasteiger partial charge on any atom is 0.321 e. The van der Waals surface area contributed by atoms with Gasteiger partial charge in [0.15, 0.2) is 11.5 Å². The van der Waals surface area contributed by atoms with Crippen molar-refractivity contribution in [3.63, 3.8) is 0 Å². The molecule has 1 saturated heterocycles. The maximum absolute atomic E-state index is 12.8. The molecule has 148 valence electrons. The number of anilines is 1. The summed E-state index contributed by atoms with van der Waals surface area (Å²) in [5.41, 5.74) is 0.718. The molecule has 8 heteroatoms. The molecule has 0 bridgehead atoms. The van der Waals surface area contributed by atoms with Crippen molar-refractivity contribution >= 4 is 23.1 Å². The molecule has 1 atom stereocenters. The van der Waals surface area contributed by atoms with E-state index in [-0.39, 0.29) is 18.7 Å². The first kappa shape index (κ1) is 17.7. The average Bonchev–Trinajstić information content (AvgIpc) is 3.48. The predicted octanol–water partition coefficient (Wildman–Crippen LogP) is 4.34. The quantitative estimate of drug-likeness (QED) is 0.830. The average molecular weight is 401 g/mol. The highest BCUT2D eigenvalue weighted by Crippen LogP contribution is 2.38. The number of ether oxygens (including phenoxy) is 2. The van der Waals surface area contributed by atoms with E-state index in [1.807, 2.05) is 17.0 Å². The highest BCUT2D eigenvalue weighted by atomic mass is 32.1. The van der Waals surface area contributed by atoms with Gasteiger partial charge >= 0.3 is 6.03 Å². The van der Waals surface area contributed by atoms with Gasteiger partial charge in [-0.3, -0.25) is 0 Å². The van der Waals surface area contributed by atoms with E-state index in [4.69, 9.17) is 9.47 Å². The van der Waals surface area contributed by atoms with Crippen LogP contribution in [0.25, 0.3) is 0 Å². The topological polar surface area (TPSA) is 76.6 Å². The molecular weight excluding hydrogens is 376 g/mol. The molecule has 28 heavy (non-hydrogen) atoms. The van der Waals surface area contributed by atoms with Gasteiger partial charge < -0.3 is 19.7 Å². The lowest BCUT2D eigenvalue weighted by atomic mass is 9.99. The van der Waals surface area contributed by atoms with E-state index >= 15 is 0 Å². The Balaban J connectivity index is 1.23. The number of amides is 2. The first-order valence-electron chi connectivity index (χ1n) is 10.0. The fourth-order valence-corrected chi connectivity index (χ4v) is 5.43. The van der Waals surface area contributed by atoms with Crippen molar-refractivity contribution in [1.29, 1.82) is 0 Å². The molecule has 2 aliphatic heterocycles. The molecule has 7 nitrogen and oxygen atoms in total. The van der Waals surface area contributed by atoms with Crippen LogP contribution in [0.15, 0.2) is 18.2 Å². The van der Waals surface area contributed by atoms with Crippen molar-refractivity contribution in [3.8, 4) is 11.5 Å². The number of nitrogens with one attached hydrogen (secondary N) is 1. The van der Waals surface area contributed by atoms with Crippen LogP contribution in [0.3, 0.4) is 0 Å². The Morgan fingerprint density at radius 3 is 2.64 bits per heavy atom. The van der Waals surface area contributed by atoms with Crippen LogP contribution in [0.1, 0.15) is 60.4 Å². The zero-order chi connectivity index (χ0) is 18.9. The third kappa shape index (κ3) is 3.53. The van der Waals surface area contributed by atoms with E-state index in [1.54, 1.807) is 17.4 Å². The van der Waals surface area contributed by atoms with Crippen LogP contribution < -0.4 is 14.8 Å². The van der Waals surface area contributed by atoms with E-state index in [2.05, 4.69) is 15.5 Å². The van der Waals surface area contributed by atoms with Crippen molar-refractivity contribution in [2.24, 2.45) is 0 Å². The number of hydrogen-bond donors (Lipinski definition) is 1. The van der Waals surface area contributed by atoms with Crippen LogP contribution in [0, 0.1) is 0 Å². The number of carbonyl (C=O) groups is 1. The molecule has 1 saturated carbocycles. The fraction of sp³-hybridized carbons (Fsp3) is 0.550. The number of piperidine rings is 1. The Bertz CT molecular complexity index is 865. The van der Waals surface area contributed by atoms with Crippen LogP contribution in [0.4, 0.5) is 10.5 Å². The summed E-state index contributed by atoms with van der Waals surface area (Å²) < 4.78 is 10.7. The van der Waals surface area contributed by atoms with Gasteiger partial charge in [-0.05, 0) is 37.8 Å². The Morgan fingerprint density at radius 1 is 1.04 bits per heavy atom. The number of urea groups is 1. The number of aromatic nitrogens is 2. The number of carbonyl (C=O) groups excluding carboxylic acids is 1. The third-order valence-corrected chi connectivity index (χ3v) is 7.09. The van der Waals surface area contributed by atoms with Crippen LogP contribution in [-0.4, -0.2) is 41.0 Å². The van der Waals surface area contributed by atoms with Gasteiger partial charge in [0.05, 0.1) is 0 Å². The van der Waals surface area contributed by atoms with Crippen LogP contribution >= 0.6 is 11.3 Å². The first-order valence-corrected chi connectivity index (χ1v) is 10.9. The number of fused-ring (bicyclic) bond motifs is 1. The van der Waals surface area contributed by atoms with Gasteiger partial charge in [0.25, 0.3) is 0 Å². The number of nitrogens with zero attached hydrogens (tertiary/aromatic N) is 3.